The van der Waals surface area contributed by atoms with Gasteiger partial charge in [-0.2, -0.15) is 0 Å². The first-order valence-corrected chi connectivity index (χ1v) is 8.18. The molecule has 0 aromatic heterocycles. The van der Waals surface area contributed by atoms with E-state index in [2.05, 4.69) is 5.32 Å². The van der Waals surface area contributed by atoms with Gasteiger partial charge in [0.25, 0.3) is 11.6 Å². The Hall–Kier alpha value is -4.08. The Morgan fingerprint density at radius 1 is 1.14 bits per heavy atom. The van der Waals surface area contributed by atoms with E-state index in [0.29, 0.717) is 5.56 Å². The number of anilines is 1. The molecule has 0 atom stereocenters. The van der Waals surface area contributed by atoms with E-state index in [-0.39, 0.29) is 28.6 Å². The van der Waals surface area contributed by atoms with Crippen molar-refractivity contribution in [2.45, 2.75) is 0 Å². The third kappa shape index (κ3) is 5.96. The molecule has 29 heavy (non-hydrogen) atoms. The van der Waals surface area contributed by atoms with E-state index in [1.807, 2.05) is 0 Å². The molecule has 0 radical (unpaired) electrons. The molecule has 0 aliphatic carbocycles. The molecule has 2 aromatic carbocycles. The summed E-state index contributed by atoms with van der Waals surface area (Å²) in [4.78, 5) is 33.9. The van der Waals surface area contributed by atoms with Crippen molar-refractivity contribution in [2.24, 2.45) is 0 Å². The second-order valence-corrected chi connectivity index (χ2v) is 5.56. The molecule has 0 unspecified atom stereocenters. The summed E-state index contributed by atoms with van der Waals surface area (Å²) in [7, 11) is 2.70. The molecule has 2 rings (SSSR count). The number of esters is 1. The van der Waals surface area contributed by atoms with Crippen LogP contribution < -0.4 is 14.8 Å². The third-order valence-electron chi connectivity index (χ3n) is 3.63. The normalized spacial score (nSPS) is 10.4. The lowest BCUT2D eigenvalue weighted by atomic mass is 10.2. The van der Waals surface area contributed by atoms with Gasteiger partial charge in [0.15, 0.2) is 18.1 Å². The zero-order valence-electron chi connectivity index (χ0n) is 15.6. The molecule has 0 aliphatic rings. The molecule has 10 nitrogen and oxygen atoms in total. The van der Waals surface area contributed by atoms with Crippen LogP contribution in [0, 0.1) is 10.1 Å². The molecule has 0 bridgehead atoms. The zero-order valence-corrected chi connectivity index (χ0v) is 15.6. The first-order chi connectivity index (χ1) is 13.8. The van der Waals surface area contributed by atoms with Crippen LogP contribution in [0.15, 0.2) is 42.5 Å². The van der Waals surface area contributed by atoms with Crippen LogP contribution in [-0.4, -0.2) is 42.7 Å². The second kappa shape index (κ2) is 9.74. The molecule has 1 amide bonds. The van der Waals surface area contributed by atoms with Crippen molar-refractivity contribution >= 4 is 29.3 Å². The summed E-state index contributed by atoms with van der Waals surface area (Å²) in [6.45, 7) is -0.567. The minimum Gasteiger partial charge on any atom is -0.504 e. The maximum atomic E-state index is 12.0. The van der Waals surface area contributed by atoms with E-state index in [0.717, 1.165) is 12.1 Å². The Morgan fingerprint density at radius 2 is 1.86 bits per heavy atom. The standard InChI is InChI=1S/C19H18N2O8/c1-27-16-10-13(21(25)26)5-6-14(16)20-18(23)11-29-19(24)8-4-12-3-7-15(22)17(9-12)28-2/h3-10,22H,11H2,1-2H3,(H,20,23). The Kier molecular flexibility index (Phi) is 7.13. The quantitative estimate of drug-likeness (QED) is 0.297. The number of carbonyl (C=O) groups is 2. The van der Waals surface area contributed by atoms with Crippen molar-refractivity contribution in [3.8, 4) is 17.2 Å². The maximum Gasteiger partial charge on any atom is 0.331 e. The largest absolute Gasteiger partial charge is 0.504 e. The van der Waals surface area contributed by atoms with Gasteiger partial charge >= 0.3 is 5.97 Å². The van der Waals surface area contributed by atoms with Crippen molar-refractivity contribution in [3.05, 3.63) is 58.2 Å². The first-order valence-electron chi connectivity index (χ1n) is 8.18. The van der Waals surface area contributed by atoms with E-state index in [9.17, 15) is 24.8 Å². The van der Waals surface area contributed by atoms with Crippen LogP contribution in [0.3, 0.4) is 0 Å². The number of nitrogens with one attached hydrogen (secondary N) is 1. The molecule has 0 heterocycles. The lowest BCUT2D eigenvalue weighted by molar-refractivity contribution is -0.384. The highest BCUT2D eigenvalue weighted by Gasteiger charge is 2.14. The predicted octanol–water partition coefficient (Wildman–Crippen LogP) is 2.51. The SMILES string of the molecule is COc1cc(C=CC(=O)OCC(=O)Nc2ccc([N+](=O)[O-])cc2OC)ccc1O. The number of nitro benzene ring substituents is 1. The Bertz CT molecular complexity index is 955. The highest BCUT2D eigenvalue weighted by Crippen LogP contribution is 2.29. The Balaban J connectivity index is 1.92. The van der Waals surface area contributed by atoms with Crippen LogP contribution in [0.25, 0.3) is 6.08 Å². The van der Waals surface area contributed by atoms with Gasteiger partial charge < -0.3 is 24.6 Å². The number of rotatable bonds is 8. The molecule has 0 saturated heterocycles. The van der Waals surface area contributed by atoms with E-state index in [4.69, 9.17) is 14.2 Å². The summed E-state index contributed by atoms with van der Waals surface area (Å²) >= 11 is 0. The summed E-state index contributed by atoms with van der Waals surface area (Å²) in [6.07, 6.45) is 2.55. The molecule has 2 N–H and O–H groups in total. The maximum absolute atomic E-state index is 12.0. The number of aromatic hydroxyl groups is 1. The molecule has 0 saturated carbocycles. The van der Waals surface area contributed by atoms with Crippen molar-refractivity contribution in [2.75, 3.05) is 26.1 Å². The van der Waals surface area contributed by atoms with Gasteiger partial charge in [0.05, 0.1) is 30.9 Å². The van der Waals surface area contributed by atoms with Crippen molar-refractivity contribution in [3.63, 3.8) is 0 Å². The van der Waals surface area contributed by atoms with Crippen molar-refractivity contribution in [1.29, 1.82) is 0 Å². The first kappa shape index (κ1) is 21.2. The molecular weight excluding hydrogens is 384 g/mol. The lowest BCUT2D eigenvalue weighted by Gasteiger charge is -2.09. The second-order valence-electron chi connectivity index (χ2n) is 5.56. The molecule has 2 aromatic rings. The Labute approximate surface area is 165 Å². The lowest BCUT2D eigenvalue weighted by Crippen LogP contribution is -2.20. The smallest absolute Gasteiger partial charge is 0.331 e. The van der Waals surface area contributed by atoms with Gasteiger partial charge in [-0.3, -0.25) is 14.9 Å². The van der Waals surface area contributed by atoms with Crippen LogP contribution in [0.2, 0.25) is 0 Å². The molecule has 152 valence electrons. The van der Waals surface area contributed by atoms with Gasteiger partial charge in [0, 0.05) is 12.1 Å². The van der Waals surface area contributed by atoms with Gasteiger partial charge in [0.1, 0.15) is 5.75 Å². The molecule has 0 spiro atoms. The third-order valence-corrected chi connectivity index (χ3v) is 3.63. The summed E-state index contributed by atoms with van der Waals surface area (Å²) in [5, 5.41) is 22.8. The summed E-state index contributed by atoms with van der Waals surface area (Å²) in [5.74, 6) is -1.10. The van der Waals surface area contributed by atoms with Gasteiger partial charge in [-0.15, -0.1) is 0 Å². The van der Waals surface area contributed by atoms with Crippen molar-refractivity contribution < 1.29 is 33.8 Å². The number of hydrogen-bond donors (Lipinski definition) is 2. The van der Waals surface area contributed by atoms with Gasteiger partial charge in [-0.25, -0.2) is 4.79 Å². The number of phenolic OH excluding ortho intramolecular Hbond substituents is 1. The summed E-state index contributed by atoms with van der Waals surface area (Å²) in [5.41, 5.74) is 0.588. The monoisotopic (exact) mass is 402 g/mol. The highest BCUT2D eigenvalue weighted by atomic mass is 16.6. The van der Waals surface area contributed by atoms with Crippen LogP contribution >= 0.6 is 0 Å². The topological polar surface area (TPSA) is 137 Å². The summed E-state index contributed by atoms with van der Waals surface area (Å²) in [6, 6.07) is 8.18. The average molecular weight is 402 g/mol. The number of amides is 1. The van der Waals surface area contributed by atoms with E-state index in [1.54, 1.807) is 6.07 Å². The minimum atomic E-state index is -0.761. The number of hydrogen-bond acceptors (Lipinski definition) is 8. The number of phenols is 1. The number of carbonyl (C=O) groups excluding carboxylic acids is 2. The Morgan fingerprint density at radius 3 is 2.52 bits per heavy atom. The fourth-order valence-corrected chi connectivity index (χ4v) is 2.23. The summed E-state index contributed by atoms with van der Waals surface area (Å²) < 4.78 is 14.8. The number of nitro groups is 1. The minimum absolute atomic E-state index is 0.0365. The number of nitrogens with zero attached hydrogens (tertiary/aromatic N) is 1. The van der Waals surface area contributed by atoms with E-state index >= 15 is 0 Å². The van der Waals surface area contributed by atoms with Crippen LogP contribution in [-0.2, 0) is 14.3 Å². The zero-order chi connectivity index (χ0) is 21.4. The van der Waals surface area contributed by atoms with E-state index < -0.39 is 23.4 Å². The molecule has 0 fully saturated rings. The number of methoxy groups -OCH3 is 2. The number of benzene rings is 2. The van der Waals surface area contributed by atoms with Crippen LogP contribution in [0.1, 0.15) is 5.56 Å². The van der Waals surface area contributed by atoms with E-state index in [1.165, 1.54) is 44.6 Å². The fraction of sp³-hybridized carbons (Fsp3) is 0.158. The highest BCUT2D eigenvalue weighted by molar-refractivity contribution is 5.95. The van der Waals surface area contributed by atoms with Gasteiger partial charge in [0.2, 0.25) is 0 Å². The number of ether oxygens (including phenoxy) is 3. The fourth-order valence-electron chi connectivity index (χ4n) is 2.23. The average Bonchev–Trinajstić information content (AvgIpc) is 2.71. The van der Waals surface area contributed by atoms with Gasteiger partial charge in [-0.05, 0) is 29.8 Å². The van der Waals surface area contributed by atoms with Gasteiger partial charge in [-0.1, -0.05) is 6.07 Å². The molecule has 0 aliphatic heterocycles. The molecule has 10 heteroatoms. The number of non-ortho nitro benzene ring substituents is 1. The molecular formula is C19H18N2O8. The van der Waals surface area contributed by atoms with Crippen molar-refractivity contribution in [1.82, 2.24) is 0 Å². The predicted molar refractivity (Wildman–Crippen MR) is 103 cm³/mol. The van der Waals surface area contributed by atoms with Crippen LogP contribution in [0.4, 0.5) is 11.4 Å². The van der Waals surface area contributed by atoms with Crippen LogP contribution in [0.5, 0.6) is 17.2 Å².